The molecule has 3 aromatic carbocycles. The van der Waals surface area contributed by atoms with E-state index in [1.807, 2.05) is 55.1 Å². The Labute approximate surface area is 390 Å². The van der Waals surface area contributed by atoms with E-state index >= 15 is 0 Å². The third-order valence-electron chi connectivity index (χ3n) is 13.6. The van der Waals surface area contributed by atoms with E-state index in [-0.39, 0.29) is 34.7 Å². The molecule has 66 heavy (non-hydrogen) atoms. The molecule has 2 atom stereocenters. The first-order valence-electron chi connectivity index (χ1n) is 22.8. The Kier molecular flexibility index (Phi) is 12.8. The van der Waals surface area contributed by atoms with Crippen LogP contribution >= 0.6 is 11.6 Å². The first-order chi connectivity index (χ1) is 31.6. The summed E-state index contributed by atoms with van der Waals surface area (Å²) in [5.41, 5.74) is 6.90. The molecule has 0 saturated carbocycles. The zero-order valence-electron chi connectivity index (χ0n) is 37.8. The second-order valence-electron chi connectivity index (χ2n) is 18.9. The van der Waals surface area contributed by atoms with Crippen LogP contribution in [0.15, 0.2) is 89.5 Å². The summed E-state index contributed by atoms with van der Waals surface area (Å²) < 4.78 is 41.9. The van der Waals surface area contributed by atoms with Gasteiger partial charge in [-0.1, -0.05) is 43.2 Å². The van der Waals surface area contributed by atoms with E-state index in [1.165, 1.54) is 28.8 Å². The molecule has 1 unspecified atom stereocenters. The van der Waals surface area contributed by atoms with Crippen LogP contribution in [0.1, 0.15) is 75.7 Å². The van der Waals surface area contributed by atoms with Crippen molar-refractivity contribution >= 4 is 72.6 Å². The Morgan fingerprint density at radius 2 is 1.77 bits per heavy atom. The number of nitro benzene ring substituents is 1. The summed E-state index contributed by atoms with van der Waals surface area (Å²) in [4.78, 5) is 40.4. The number of hydrogen-bond donors (Lipinski definition) is 3. The molecular weight excluding hydrogens is 880 g/mol. The van der Waals surface area contributed by atoms with Crippen LogP contribution < -0.4 is 24.6 Å². The predicted octanol–water partition coefficient (Wildman–Crippen LogP) is 9.18. The van der Waals surface area contributed by atoms with Gasteiger partial charge in [0, 0.05) is 80.3 Å². The van der Waals surface area contributed by atoms with Crippen LogP contribution in [-0.4, -0.2) is 98.7 Å². The van der Waals surface area contributed by atoms with Crippen LogP contribution in [0.25, 0.3) is 16.6 Å². The Balaban J connectivity index is 0.990. The molecule has 4 aliphatic rings. The monoisotopic (exact) mass is 936 g/mol. The SMILES string of the molecule is CC(Nc1ccc(S(=O)(=O)NC(=O)c2ccc(N3CCN(CC4=C(c5ccc(Cl)cc5)CC(C)(C)CC4)CC3)cc2N2C[C@@H](C)Oc3nc4[nH]ccc4cc32)cc1[N+](=O)[O-])C1CCOCC1. The average Bonchev–Trinajstić information content (AvgIpc) is 3.76. The quantitative estimate of drug-likeness (QED) is 0.0801. The normalized spacial score (nSPS) is 19.9. The van der Waals surface area contributed by atoms with Crippen LogP contribution in [0.3, 0.4) is 0 Å². The largest absolute Gasteiger partial charge is 0.471 e. The molecule has 0 bridgehead atoms. The van der Waals surface area contributed by atoms with Gasteiger partial charge in [0.15, 0.2) is 0 Å². The van der Waals surface area contributed by atoms with Crippen LogP contribution in [0.5, 0.6) is 5.88 Å². The number of carbonyl (C=O) groups is 1. The molecule has 15 nitrogen and oxygen atoms in total. The Morgan fingerprint density at radius 3 is 2.52 bits per heavy atom. The molecule has 2 fully saturated rings. The number of pyridine rings is 1. The third kappa shape index (κ3) is 9.73. The molecule has 1 amide bonds. The lowest BCUT2D eigenvalue weighted by Gasteiger charge is -2.40. The maximum Gasteiger partial charge on any atom is 0.293 e. The number of ether oxygens (including phenoxy) is 2. The fourth-order valence-corrected chi connectivity index (χ4v) is 11.0. The molecule has 2 aromatic heterocycles. The zero-order chi connectivity index (χ0) is 46.3. The van der Waals surface area contributed by atoms with E-state index in [2.05, 4.69) is 50.8 Å². The Morgan fingerprint density at radius 1 is 1.02 bits per heavy atom. The highest BCUT2D eigenvalue weighted by atomic mass is 35.5. The van der Waals surface area contributed by atoms with Crippen LogP contribution in [0, 0.1) is 21.4 Å². The summed E-state index contributed by atoms with van der Waals surface area (Å²) >= 11 is 6.27. The minimum Gasteiger partial charge on any atom is -0.471 e. The van der Waals surface area contributed by atoms with Gasteiger partial charge in [-0.15, -0.1) is 0 Å². The van der Waals surface area contributed by atoms with Crippen LogP contribution in [-0.2, 0) is 14.8 Å². The number of benzene rings is 3. The van der Waals surface area contributed by atoms with E-state index in [0.717, 1.165) is 87.0 Å². The zero-order valence-corrected chi connectivity index (χ0v) is 39.4. The van der Waals surface area contributed by atoms with E-state index < -0.39 is 31.4 Å². The van der Waals surface area contributed by atoms with Crippen molar-refractivity contribution in [3.05, 3.63) is 111 Å². The van der Waals surface area contributed by atoms with Gasteiger partial charge < -0.3 is 29.6 Å². The van der Waals surface area contributed by atoms with Crippen LogP contribution in [0.4, 0.5) is 28.4 Å². The molecular formula is C49H57ClN8O7S. The molecule has 348 valence electrons. The minimum atomic E-state index is -4.58. The number of piperazine rings is 1. The number of aromatic amines is 1. The van der Waals surface area contributed by atoms with Gasteiger partial charge in [0.2, 0.25) is 5.88 Å². The molecule has 5 heterocycles. The lowest BCUT2D eigenvalue weighted by Crippen LogP contribution is -2.47. The third-order valence-corrected chi connectivity index (χ3v) is 15.2. The smallest absolute Gasteiger partial charge is 0.293 e. The Hall–Kier alpha value is -5.68. The van der Waals surface area contributed by atoms with Crippen molar-refractivity contribution in [1.29, 1.82) is 0 Å². The number of nitrogens with zero attached hydrogens (tertiary/aromatic N) is 5. The fourth-order valence-electron chi connectivity index (χ4n) is 9.84. The second-order valence-corrected chi connectivity index (χ2v) is 21.0. The van der Waals surface area contributed by atoms with E-state index in [1.54, 1.807) is 12.3 Å². The molecule has 1 aliphatic carbocycles. The number of allylic oxidation sites excluding steroid dienone is 1. The number of halogens is 1. The standard InChI is InChI=1S/C49H57ClN8O7S/c1-31-29-57(45-25-35-14-18-51-46(35)53-48(45)65-31)43-26-38(56-21-19-55(20-22-56)30-36-13-17-49(3,4)28-41(36)34-5-7-37(50)8-6-34)9-11-40(43)47(59)54-66(62,63)39-10-12-42(44(27-39)58(60)61)52-32(2)33-15-23-64-24-16-33/h5-12,14,18,25-27,31-33,52H,13,15-17,19-24,28-30H2,1-4H3,(H,51,53)(H,54,59)/t31-,32?/m1/s1. The topological polar surface area (TPSA) is 175 Å². The van der Waals surface area contributed by atoms with Crippen molar-refractivity contribution in [3.8, 4) is 5.88 Å². The summed E-state index contributed by atoms with van der Waals surface area (Å²) in [7, 11) is -4.58. The summed E-state index contributed by atoms with van der Waals surface area (Å²) in [6.07, 6.45) is 6.29. The van der Waals surface area contributed by atoms with Crippen molar-refractivity contribution < 1.29 is 27.6 Å². The number of amides is 1. The van der Waals surface area contributed by atoms with E-state index in [4.69, 9.17) is 26.1 Å². The van der Waals surface area contributed by atoms with Gasteiger partial charge >= 0.3 is 0 Å². The van der Waals surface area contributed by atoms with Gasteiger partial charge in [-0.25, -0.2) is 13.1 Å². The highest BCUT2D eigenvalue weighted by Gasteiger charge is 2.34. The lowest BCUT2D eigenvalue weighted by molar-refractivity contribution is -0.384. The number of aromatic nitrogens is 2. The molecule has 2 saturated heterocycles. The number of carbonyl (C=O) groups excluding carboxylic acids is 1. The van der Waals surface area contributed by atoms with Gasteiger partial charge in [-0.05, 0) is 123 Å². The van der Waals surface area contributed by atoms with Gasteiger partial charge in [0.1, 0.15) is 23.1 Å². The highest BCUT2D eigenvalue weighted by molar-refractivity contribution is 7.90. The number of hydrogen-bond acceptors (Lipinski definition) is 12. The molecule has 3 N–H and O–H groups in total. The van der Waals surface area contributed by atoms with Gasteiger partial charge in [-0.3, -0.25) is 19.8 Å². The first kappa shape index (κ1) is 45.5. The summed E-state index contributed by atoms with van der Waals surface area (Å²) in [5.74, 6) is -0.257. The van der Waals surface area contributed by atoms with Gasteiger partial charge in [-0.2, -0.15) is 4.98 Å². The number of rotatable bonds is 12. The molecule has 5 aromatic rings. The predicted molar refractivity (Wildman–Crippen MR) is 259 cm³/mol. The summed E-state index contributed by atoms with van der Waals surface area (Å²) in [6, 6.07) is 21.1. The summed E-state index contributed by atoms with van der Waals surface area (Å²) in [6.45, 7) is 14.2. The molecule has 0 radical (unpaired) electrons. The minimum absolute atomic E-state index is 0.107. The van der Waals surface area contributed by atoms with Crippen molar-refractivity contribution in [2.24, 2.45) is 11.3 Å². The molecule has 3 aliphatic heterocycles. The summed E-state index contributed by atoms with van der Waals surface area (Å²) in [5, 5.41) is 17.1. The number of nitro groups is 1. The number of fused-ring (bicyclic) bond motifs is 2. The number of anilines is 4. The van der Waals surface area contributed by atoms with Gasteiger partial charge in [0.05, 0.1) is 27.6 Å². The van der Waals surface area contributed by atoms with Crippen molar-refractivity contribution in [2.75, 3.05) is 67.6 Å². The van der Waals surface area contributed by atoms with E-state index in [9.17, 15) is 23.3 Å². The number of H-pyrrole nitrogens is 1. The van der Waals surface area contributed by atoms with Crippen molar-refractivity contribution in [1.82, 2.24) is 19.6 Å². The number of sulfonamides is 1. The lowest BCUT2D eigenvalue weighted by atomic mass is 9.72. The maximum atomic E-state index is 14.4. The molecule has 17 heteroatoms. The first-order valence-corrected chi connectivity index (χ1v) is 24.7. The second kappa shape index (κ2) is 18.5. The van der Waals surface area contributed by atoms with Gasteiger partial charge in [0.25, 0.3) is 21.6 Å². The maximum absolute atomic E-state index is 14.4. The molecule has 9 rings (SSSR count). The van der Waals surface area contributed by atoms with E-state index in [0.29, 0.717) is 42.7 Å². The van der Waals surface area contributed by atoms with Crippen molar-refractivity contribution in [2.45, 2.75) is 76.8 Å². The Bertz CT molecular complexity index is 2780. The van der Waals surface area contributed by atoms with Crippen molar-refractivity contribution in [3.63, 3.8) is 0 Å². The number of nitrogens with one attached hydrogen (secondary N) is 3. The average molecular weight is 938 g/mol. The highest BCUT2D eigenvalue weighted by Crippen LogP contribution is 2.44. The fraction of sp³-hybridized carbons (Fsp3) is 0.429. The van der Waals surface area contributed by atoms with Crippen LogP contribution in [0.2, 0.25) is 5.02 Å². The molecule has 0 spiro atoms.